The summed E-state index contributed by atoms with van der Waals surface area (Å²) < 4.78 is 0. The third-order valence-corrected chi connectivity index (χ3v) is 9.86. The van der Waals surface area contributed by atoms with Crippen molar-refractivity contribution in [3.05, 3.63) is 0 Å². The van der Waals surface area contributed by atoms with E-state index in [1.165, 1.54) is 70.6 Å². The summed E-state index contributed by atoms with van der Waals surface area (Å²) in [5.74, 6) is 3.11. The monoisotopic (exact) mass is 387 g/mol. The topological polar surface area (TPSA) is 29.1 Å². The van der Waals surface area contributed by atoms with Crippen molar-refractivity contribution in [2.45, 2.75) is 124 Å². The Morgan fingerprint density at radius 2 is 1.61 bits per heavy atom. The number of rotatable bonds is 4. The Morgan fingerprint density at radius 3 is 2.21 bits per heavy atom. The molecule has 4 aliphatic rings. The molecule has 0 bridgehead atoms. The van der Waals surface area contributed by atoms with Gasteiger partial charge < -0.3 is 5.32 Å². The lowest BCUT2D eigenvalue weighted by Crippen LogP contribution is -2.55. The summed E-state index contributed by atoms with van der Waals surface area (Å²) >= 11 is 0. The average molecular weight is 388 g/mol. The zero-order valence-corrected chi connectivity index (χ0v) is 19.1. The van der Waals surface area contributed by atoms with E-state index in [2.05, 4.69) is 33.0 Å². The quantitative estimate of drug-likeness (QED) is 0.560. The molecule has 2 spiro atoms. The summed E-state index contributed by atoms with van der Waals surface area (Å²) in [5.41, 5.74) is 0.927. The van der Waals surface area contributed by atoms with Gasteiger partial charge in [0.15, 0.2) is 0 Å². The van der Waals surface area contributed by atoms with Crippen molar-refractivity contribution in [3.63, 3.8) is 0 Å². The lowest BCUT2D eigenvalue weighted by atomic mass is 9.65. The number of hydrogen-bond donors (Lipinski definition) is 1. The second kappa shape index (κ2) is 7.62. The van der Waals surface area contributed by atoms with Crippen molar-refractivity contribution in [1.29, 1.82) is 0 Å². The summed E-state index contributed by atoms with van der Waals surface area (Å²) in [5, 5.41) is 3.51. The number of piperidine rings is 1. The van der Waals surface area contributed by atoms with E-state index in [0.29, 0.717) is 17.4 Å². The molecule has 3 aliphatic carbocycles. The molecule has 4 rings (SSSR count). The summed E-state index contributed by atoms with van der Waals surface area (Å²) in [6, 6.07) is 0.388. The van der Waals surface area contributed by atoms with Gasteiger partial charge in [-0.25, -0.2) is 0 Å². The summed E-state index contributed by atoms with van der Waals surface area (Å²) in [6.07, 6.45) is 18.7. The van der Waals surface area contributed by atoms with Gasteiger partial charge in [0.25, 0.3) is 0 Å². The zero-order valence-electron chi connectivity index (χ0n) is 19.1. The maximum absolute atomic E-state index is 12.9. The molecule has 0 aromatic heterocycles. The predicted molar refractivity (Wildman–Crippen MR) is 117 cm³/mol. The van der Waals surface area contributed by atoms with Crippen molar-refractivity contribution in [2.75, 3.05) is 0 Å². The van der Waals surface area contributed by atoms with Crippen molar-refractivity contribution in [3.8, 4) is 0 Å². The first-order chi connectivity index (χ1) is 13.2. The van der Waals surface area contributed by atoms with E-state index in [-0.39, 0.29) is 10.8 Å². The van der Waals surface area contributed by atoms with Crippen LogP contribution in [0.25, 0.3) is 0 Å². The molecule has 2 nitrogen and oxygen atoms in total. The van der Waals surface area contributed by atoms with Crippen molar-refractivity contribution < 1.29 is 4.79 Å². The number of nitrogens with one attached hydrogen (secondary N) is 1. The van der Waals surface area contributed by atoms with Crippen LogP contribution < -0.4 is 5.32 Å². The fraction of sp³-hybridized carbons (Fsp3) is 0.962. The highest BCUT2D eigenvalue weighted by Gasteiger charge is 2.49. The van der Waals surface area contributed by atoms with Crippen LogP contribution in [0.2, 0.25) is 0 Å². The molecule has 4 fully saturated rings. The van der Waals surface area contributed by atoms with Gasteiger partial charge in [0, 0.05) is 11.5 Å². The summed E-state index contributed by atoms with van der Waals surface area (Å²) in [6.45, 7) is 9.70. The minimum atomic E-state index is 0.0129. The van der Waals surface area contributed by atoms with E-state index >= 15 is 0 Å². The number of amides is 1. The molecule has 1 aliphatic heterocycles. The van der Waals surface area contributed by atoms with Crippen LogP contribution in [0, 0.1) is 34.0 Å². The molecule has 2 atom stereocenters. The molecule has 0 aromatic carbocycles. The molecular weight excluding hydrogens is 342 g/mol. The van der Waals surface area contributed by atoms with Gasteiger partial charge in [0.2, 0.25) is 5.91 Å². The SMILES string of the molecule is CC(C)C1CCC2(CCC(CC(C)(C)C3CCC4(CCCC4)C(=O)N3)C2)CC1. The van der Waals surface area contributed by atoms with Crippen LogP contribution in [0.3, 0.4) is 0 Å². The Kier molecular flexibility index (Phi) is 5.64. The van der Waals surface area contributed by atoms with Gasteiger partial charge >= 0.3 is 0 Å². The molecule has 3 saturated carbocycles. The van der Waals surface area contributed by atoms with Crippen molar-refractivity contribution in [1.82, 2.24) is 5.32 Å². The molecule has 0 aromatic rings. The Morgan fingerprint density at radius 1 is 0.964 bits per heavy atom. The van der Waals surface area contributed by atoms with Gasteiger partial charge in [-0.2, -0.15) is 0 Å². The smallest absolute Gasteiger partial charge is 0.226 e. The number of carbonyl (C=O) groups is 1. The van der Waals surface area contributed by atoms with E-state index < -0.39 is 0 Å². The molecule has 160 valence electrons. The van der Waals surface area contributed by atoms with Gasteiger partial charge in [-0.3, -0.25) is 4.79 Å². The van der Waals surface area contributed by atoms with Gasteiger partial charge in [-0.1, -0.05) is 40.5 Å². The Labute approximate surface area is 174 Å². The maximum atomic E-state index is 12.9. The van der Waals surface area contributed by atoms with E-state index in [1.807, 2.05) is 0 Å². The number of carbonyl (C=O) groups excluding carboxylic acids is 1. The van der Waals surface area contributed by atoms with E-state index in [0.717, 1.165) is 37.0 Å². The van der Waals surface area contributed by atoms with Crippen LogP contribution in [-0.4, -0.2) is 11.9 Å². The van der Waals surface area contributed by atoms with Crippen LogP contribution >= 0.6 is 0 Å². The third kappa shape index (κ3) is 3.91. The highest BCUT2D eigenvalue weighted by Crippen LogP contribution is 2.56. The van der Waals surface area contributed by atoms with E-state index in [4.69, 9.17) is 0 Å². The molecule has 2 heteroatoms. The third-order valence-electron chi connectivity index (χ3n) is 9.86. The number of hydrogen-bond acceptors (Lipinski definition) is 1. The van der Waals surface area contributed by atoms with Crippen LogP contribution in [0.4, 0.5) is 0 Å². The second-order valence-electron chi connectivity index (χ2n) is 12.4. The normalized spacial score (nSPS) is 35.0. The maximum Gasteiger partial charge on any atom is 0.226 e. The predicted octanol–water partition coefficient (Wildman–Crippen LogP) is 6.87. The average Bonchev–Trinajstić information content (AvgIpc) is 3.26. The molecule has 1 heterocycles. The highest BCUT2D eigenvalue weighted by molar-refractivity contribution is 5.84. The van der Waals surface area contributed by atoms with E-state index in [1.54, 1.807) is 0 Å². The standard InChI is InChI=1S/C26H45NO/c1-19(2)21-8-14-25(15-9-21)13-7-20(18-25)17-24(3,4)22-10-16-26(23(28)27-22)11-5-6-12-26/h19-22H,5-18H2,1-4H3,(H,27,28). The second-order valence-corrected chi connectivity index (χ2v) is 12.4. The summed E-state index contributed by atoms with van der Waals surface area (Å²) in [4.78, 5) is 12.9. The molecule has 0 radical (unpaired) electrons. The Balaban J connectivity index is 1.31. The van der Waals surface area contributed by atoms with Gasteiger partial charge in [0.05, 0.1) is 0 Å². The first-order valence-corrected chi connectivity index (χ1v) is 12.5. The highest BCUT2D eigenvalue weighted by atomic mass is 16.2. The first-order valence-electron chi connectivity index (χ1n) is 12.5. The molecule has 1 amide bonds. The lowest BCUT2D eigenvalue weighted by molar-refractivity contribution is -0.136. The van der Waals surface area contributed by atoms with Gasteiger partial charge in [0.1, 0.15) is 0 Å². The van der Waals surface area contributed by atoms with Crippen molar-refractivity contribution in [2.24, 2.45) is 34.0 Å². The first kappa shape index (κ1) is 20.7. The van der Waals surface area contributed by atoms with Crippen molar-refractivity contribution >= 4 is 5.91 Å². The van der Waals surface area contributed by atoms with Gasteiger partial charge in [-0.05, 0) is 106 Å². The lowest BCUT2D eigenvalue weighted by Gasteiger charge is -2.45. The molecule has 1 saturated heterocycles. The molecule has 1 N–H and O–H groups in total. The Bertz CT molecular complexity index is 563. The fourth-order valence-corrected chi connectivity index (χ4v) is 7.79. The minimum absolute atomic E-state index is 0.0129. The van der Waals surface area contributed by atoms with Crippen LogP contribution in [0.15, 0.2) is 0 Å². The van der Waals surface area contributed by atoms with Gasteiger partial charge in [-0.15, -0.1) is 0 Å². The minimum Gasteiger partial charge on any atom is -0.352 e. The van der Waals surface area contributed by atoms with E-state index in [9.17, 15) is 4.79 Å². The molecule has 28 heavy (non-hydrogen) atoms. The van der Waals surface area contributed by atoms with Crippen LogP contribution in [0.5, 0.6) is 0 Å². The largest absolute Gasteiger partial charge is 0.352 e. The fourth-order valence-electron chi connectivity index (χ4n) is 7.79. The summed E-state index contributed by atoms with van der Waals surface area (Å²) in [7, 11) is 0. The zero-order chi connectivity index (χ0) is 20.0. The van der Waals surface area contributed by atoms with Crippen LogP contribution in [-0.2, 0) is 4.79 Å². The van der Waals surface area contributed by atoms with Crippen LogP contribution in [0.1, 0.15) is 118 Å². The molecular formula is C26H45NO. The molecule has 2 unspecified atom stereocenters. The Hall–Kier alpha value is -0.530.